The van der Waals surface area contributed by atoms with Gasteiger partial charge in [0.15, 0.2) is 0 Å². The molecule has 1 amide bonds. The summed E-state index contributed by atoms with van der Waals surface area (Å²) in [5, 5.41) is 11.1. The number of nitrogens with zero attached hydrogens (tertiary/aromatic N) is 6. The normalized spacial score (nSPS) is 10.5. The van der Waals surface area contributed by atoms with Crippen molar-refractivity contribution in [3.8, 4) is 16.3 Å². The minimum absolute atomic E-state index is 0.344. The van der Waals surface area contributed by atoms with Gasteiger partial charge in [0.2, 0.25) is 11.1 Å². The lowest BCUT2D eigenvalue weighted by Crippen LogP contribution is -2.14. The van der Waals surface area contributed by atoms with Crippen LogP contribution in [0.2, 0.25) is 0 Å². The van der Waals surface area contributed by atoms with Gasteiger partial charge in [0.25, 0.3) is 11.1 Å². The Bertz CT molecular complexity index is 925. The summed E-state index contributed by atoms with van der Waals surface area (Å²) in [6, 6.07) is 1.82. The zero-order chi connectivity index (χ0) is 18.7. The number of amides is 1. The third kappa shape index (κ3) is 3.75. The number of rotatable bonds is 5. The number of nitrogens with one attached hydrogen (secondary N) is 1. The molecule has 0 aliphatic heterocycles. The number of hydrogen-bond donors (Lipinski definition) is 1. The molecule has 3 heterocycles. The fourth-order valence-electron chi connectivity index (χ4n) is 2.18. The summed E-state index contributed by atoms with van der Waals surface area (Å²) >= 11 is 1.14. The summed E-state index contributed by atoms with van der Waals surface area (Å²) in [5.74, 6) is 0.245. The van der Waals surface area contributed by atoms with Gasteiger partial charge in [-0.15, -0.1) is 5.10 Å². The summed E-state index contributed by atoms with van der Waals surface area (Å²) in [6.07, 6.45) is 4.89. The van der Waals surface area contributed by atoms with Crippen LogP contribution in [0.15, 0.2) is 24.7 Å². The summed E-state index contributed by atoms with van der Waals surface area (Å²) in [7, 11) is 5.22. The highest BCUT2D eigenvalue weighted by Crippen LogP contribution is 2.26. The Morgan fingerprint density at radius 1 is 1.15 bits per heavy atom. The van der Waals surface area contributed by atoms with E-state index in [1.54, 1.807) is 17.3 Å². The highest BCUT2D eigenvalue weighted by molar-refractivity contribution is 7.17. The molecule has 0 atom stereocenters. The monoisotopic (exact) mass is 371 g/mol. The summed E-state index contributed by atoms with van der Waals surface area (Å²) < 4.78 is 4.98. The Morgan fingerprint density at radius 3 is 2.50 bits per heavy atom. The van der Waals surface area contributed by atoms with Gasteiger partial charge in [-0.25, -0.2) is 9.97 Å². The van der Waals surface area contributed by atoms with Crippen molar-refractivity contribution in [3.63, 3.8) is 0 Å². The van der Waals surface area contributed by atoms with Crippen LogP contribution in [-0.4, -0.2) is 52.3 Å². The lowest BCUT2D eigenvalue weighted by Gasteiger charge is -2.12. The molecule has 134 valence electrons. The first kappa shape index (κ1) is 17.7. The molecule has 0 unspecified atom stereocenters. The van der Waals surface area contributed by atoms with Gasteiger partial charge in [-0.3, -0.25) is 15.1 Å². The van der Waals surface area contributed by atoms with Crippen LogP contribution in [-0.2, 0) is 0 Å². The van der Waals surface area contributed by atoms with Crippen LogP contribution >= 0.6 is 11.3 Å². The summed E-state index contributed by atoms with van der Waals surface area (Å²) in [4.78, 5) is 27.3. The minimum Gasteiger partial charge on any atom is -0.472 e. The van der Waals surface area contributed by atoms with E-state index in [1.165, 1.54) is 13.3 Å². The van der Waals surface area contributed by atoms with E-state index in [-0.39, 0.29) is 5.91 Å². The van der Waals surface area contributed by atoms with Crippen LogP contribution in [0.5, 0.6) is 5.19 Å². The number of aryl methyl sites for hydroxylation is 1. The Labute approximate surface area is 154 Å². The first-order valence-corrected chi connectivity index (χ1v) is 8.45. The van der Waals surface area contributed by atoms with Crippen molar-refractivity contribution in [2.24, 2.45) is 0 Å². The predicted molar refractivity (Wildman–Crippen MR) is 98.7 cm³/mol. The molecule has 26 heavy (non-hydrogen) atoms. The maximum Gasteiger partial charge on any atom is 0.295 e. The average Bonchev–Trinajstić information content (AvgIpc) is 3.09. The van der Waals surface area contributed by atoms with E-state index in [0.29, 0.717) is 27.4 Å². The summed E-state index contributed by atoms with van der Waals surface area (Å²) in [5.41, 5.74) is 2.59. The smallest absolute Gasteiger partial charge is 0.295 e. The van der Waals surface area contributed by atoms with Crippen LogP contribution in [0, 0.1) is 6.92 Å². The molecule has 0 saturated carbocycles. The first-order valence-electron chi connectivity index (χ1n) is 7.63. The molecule has 0 aliphatic carbocycles. The van der Waals surface area contributed by atoms with Crippen LogP contribution in [0.4, 0.5) is 11.1 Å². The van der Waals surface area contributed by atoms with Crippen LogP contribution in [0.3, 0.4) is 0 Å². The van der Waals surface area contributed by atoms with Crippen LogP contribution in [0.25, 0.3) is 11.1 Å². The van der Waals surface area contributed by atoms with Gasteiger partial charge in [0, 0.05) is 49.5 Å². The lowest BCUT2D eigenvalue weighted by atomic mass is 10.0. The molecule has 0 radical (unpaired) electrons. The zero-order valence-corrected chi connectivity index (χ0v) is 15.5. The molecule has 1 N–H and O–H groups in total. The van der Waals surface area contributed by atoms with Gasteiger partial charge in [-0.1, -0.05) is 5.10 Å². The second kappa shape index (κ2) is 7.40. The molecule has 0 spiro atoms. The number of methoxy groups -OCH3 is 1. The number of carbonyl (C=O) groups excluding carboxylic acids is 1. The van der Waals surface area contributed by atoms with Crippen molar-refractivity contribution in [2.75, 3.05) is 31.4 Å². The molecule has 10 heteroatoms. The number of aromatic nitrogens is 5. The van der Waals surface area contributed by atoms with Crippen molar-refractivity contribution >= 4 is 28.3 Å². The number of ether oxygens (including phenoxy) is 1. The Hall–Kier alpha value is -3.14. The highest BCUT2D eigenvalue weighted by Gasteiger charge is 2.17. The van der Waals surface area contributed by atoms with Crippen molar-refractivity contribution < 1.29 is 9.53 Å². The van der Waals surface area contributed by atoms with E-state index in [1.807, 2.05) is 27.1 Å². The van der Waals surface area contributed by atoms with E-state index in [0.717, 1.165) is 22.6 Å². The lowest BCUT2D eigenvalue weighted by molar-refractivity contribution is 0.102. The van der Waals surface area contributed by atoms with Gasteiger partial charge in [-0.05, 0) is 24.3 Å². The van der Waals surface area contributed by atoms with Gasteiger partial charge in [0.05, 0.1) is 12.7 Å². The van der Waals surface area contributed by atoms with Gasteiger partial charge in [-0.2, -0.15) is 0 Å². The third-order valence-corrected chi connectivity index (χ3v) is 4.24. The van der Waals surface area contributed by atoms with Crippen molar-refractivity contribution in [2.45, 2.75) is 6.92 Å². The van der Waals surface area contributed by atoms with E-state index >= 15 is 0 Å². The molecule has 3 aromatic heterocycles. The fourth-order valence-corrected chi connectivity index (χ4v) is 2.73. The molecular weight excluding hydrogens is 354 g/mol. The van der Waals surface area contributed by atoms with Crippen LogP contribution < -0.4 is 15.0 Å². The van der Waals surface area contributed by atoms with Gasteiger partial charge < -0.3 is 9.64 Å². The van der Waals surface area contributed by atoms with Gasteiger partial charge in [0.1, 0.15) is 0 Å². The van der Waals surface area contributed by atoms with E-state index in [9.17, 15) is 4.79 Å². The average molecular weight is 371 g/mol. The molecule has 0 bridgehead atoms. The molecule has 0 fully saturated rings. The highest BCUT2D eigenvalue weighted by atomic mass is 32.1. The number of anilines is 2. The first-order chi connectivity index (χ1) is 12.5. The molecule has 0 aliphatic rings. The largest absolute Gasteiger partial charge is 0.472 e. The third-order valence-electron chi connectivity index (χ3n) is 3.44. The molecule has 0 aromatic carbocycles. The zero-order valence-electron chi connectivity index (χ0n) is 14.7. The van der Waals surface area contributed by atoms with Crippen molar-refractivity contribution in [1.29, 1.82) is 0 Å². The quantitative estimate of drug-likeness (QED) is 0.726. The Balaban J connectivity index is 1.93. The Morgan fingerprint density at radius 2 is 1.88 bits per heavy atom. The molecular formula is C16H17N7O2S. The van der Waals surface area contributed by atoms with E-state index in [2.05, 4.69) is 30.5 Å². The Kier molecular flexibility index (Phi) is 5.03. The number of carbonyl (C=O) groups is 1. The number of pyridine rings is 1. The topological polar surface area (TPSA) is 106 Å². The van der Waals surface area contributed by atoms with Crippen LogP contribution in [0.1, 0.15) is 16.1 Å². The second-order valence-corrected chi connectivity index (χ2v) is 6.51. The molecule has 3 aromatic rings. The summed E-state index contributed by atoms with van der Waals surface area (Å²) in [6.45, 7) is 1.86. The minimum atomic E-state index is -0.344. The molecule has 0 saturated heterocycles. The van der Waals surface area contributed by atoms with Crippen molar-refractivity contribution in [3.05, 3.63) is 35.9 Å². The molecule has 3 rings (SSSR count). The second-order valence-electron chi connectivity index (χ2n) is 5.57. The van der Waals surface area contributed by atoms with E-state index < -0.39 is 0 Å². The van der Waals surface area contributed by atoms with E-state index in [4.69, 9.17) is 4.74 Å². The predicted octanol–water partition coefficient (Wildman–Crippen LogP) is 2.03. The molecule has 9 nitrogen and oxygen atoms in total. The van der Waals surface area contributed by atoms with Crippen molar-refractivity contribution in [1.82, 2.24) is 25.1 Å². The number of hydrogen-bond acceptors (Lipinski definition) is 9. The fraction of sp³-hybridized carbons (Fsp3) is 0.250. The standard InChI is InChI=1S/C16H17N7O2S/c1-9-5-11(10-6-18-14(19-7-10)23(2)3)12(8-17-9)13(24)20-15-21-22-16(25-4)26-15/h5-8H,1-4H3,(H,20,21,24). The SMILES string of the molecule is COc1nnc(NC(=O)c2cnc(C)cc2-c2cnc(N(C)C)nc2)s1. The maximum absolute atomic E-state index is 12.7. The maximum atomic E-state index is 12.7. The van der Waals surface area contributed by atoms with Gasteiger partial charge >= 0.3 is 0 Å².